The number of hydrogen-bond donors (Lipinski definition) is 3. The Hall–Kier alpha value is -3.27. The van der Waals surface area contributed by atoms with Crippen LogP contribution >= 0.6 is 34.8 Å². The highest BCUT2D eigenvalue weighted by atomic mass is 35.6. The Balaban J connectivity index is 1.87. The predicted molar refractivity (Wildman–Crippen MR) is 230 cm³/mol. The number of aromatic nitrogens is 1. The summed E-state index contributed by atoms with van der Waals surface area (Å²) in [5.41, 5.74) is 3.65. The summed E-state index contributed by atoms with van der Waals surface area (Å²) in [6.45, 7) is 22.3. The van der Waals surface area contributed by atoms with Crippen molar-refractivity contribution in [3.63, 3.8) is 0 Å². The Bertz CT molecular complexity index is 1850. The molecule has 58 heavy (non-hydrogen) atoms. The molecule has 3 unspecified atom stereocenters. The molecule has 17 heteroatoms. The van der Waals surface area contributed by atoms with Crippen LogP contribution in [0.5, 0.6) is 0 Å². The summed E-state index contributed by atoms with van der Waals surface area (Å²) in [4.78, 5) is 70.8. The Morgan fingerprint density at radius 1 is 1.00 bits per heavy atom. The van der Waals surface area contributed by atoms with Gasteiger partial charge >= 0.3 is 11.9 Å². The first-order valence-electron chi connectivity index (χ1n) is 19.5. The molecular formula is C41H60Cl3N5O8Si. The van der Waals surface area contributed by atoms with Gasteiger partial charge in [0.1, 0.15) is 30.8 Å². The van der Waals surface area contributed by atoms with Gasteiger partial charge in [0.25, 0.3) is 5.91 Å². The molecule has 6 atom stereocenters. The molecule has 3 rings (SSSR count). The van der Waals surface area contributed by atoms with Crippen LogP contribution in [0.15, 0.2) is 36.4 Å². The zero-order valence-corrected chi connectivity index (χ0v) is 38.9. The SMILES string of the molecule is CC(=O)O[C@H](C)c1ccc2ccc(/C=C/C(C)(C(=O)N[C@H](C(=O)NC(C)C(=O)N3CCC[C@@H](C(=O)OCC(Cl)(Cl)Cl)N3)C(C)C)C(C)O[Si](C)(C)C(C)(C)C)cc2n1. The summed E-state index contributed by atoms with van der Waals surface area (Å²) in [5.74, 6) is -2.91. The van der Waals surface area contributed by atoms with Crippen molar-refractivity contribution < 1.29 is 37.9 Å². The first-order valence-corrected chi connectivity index (χ1v) is 23.6. The van der Waals surface area contributed by atoms with Gasteiger partial charge in [-0.1, -0.05) is 99.8 Å². The molecule has 1 aliphatic heterocycles. The number of alkyl halides is 3. The van der Waals surface area contributed by atoms with E-state index in [9.17, 15) is 24.0 Å². The van der Waals surface area contributed by atoms with Gasteiger partial charge in [0.05, 0.1) is 22.7 Å². The number of carbonyl (C=O) groups is 5. The fourth-order valence-corrected chi connectivity index (χ4v) is 7.64. The average Bonchev–Trinajstić information content (AvgIpc) is 3.12. The van der Waals surface area contributed by atoms with E-state index in [0.717, 1.165) is 10.9 Å². The predicted octanol–water partition coefficient (Wildman–Crippen LogP) is 7.34. The van der Waals surface area contributed by atoms with Crippen LogP contribution < -0.4 is 16.1 Å². The number of nitrogens with one attached hydrogen (secondary N) is 3. The number of benzene rings is 1. The normalized spacial score (nSPS) is 18.6. The highest BCUT2D eigenvalue weighted by Crippen LogP contribution is 2.40. The molecule has 2 heterocycles. The monoisotopic (exact) mass is 883 g/mol. The van der Waals surface area contributed by atoms with Crippen LogP contribution in [0.1, 0.15) is 99.4 Å². The molecule has 0 spiro atoms. The largest absolute Gasteiger partial charge is 0.460 e. The Labute approximate surface area is 358 Å². The standard InChI is InChI=1S/C41H60Cl3N5O8Si/c1-24(2)34(35(51)45-25(3)36(52)49-21-13-14-32(48-49)37(53)55-23-41(42,43)44)47-38(54)40(10,27(5)57-58(11,12)39(7,8)9)20-19-29-15-16-30-17-18-31(46-33(30)22-29)26(4)56-28(6)50/h15-20,22,24-27,32,34,48H,13-14,21,23H2,1-12H3,(H,45,51)(H,47,54)/b20-19+/t25?,26-,27?,32+,34+,40?/m1/s1. The zero-order chi connectivity index (χ0) is 44.0. The lowest BCUT2D eigenvalue weighted by molar-refractivity contribution is -0.153. The second-order valence-electron chi connectivity index (χ2n) is 17.0. The molecule has 1 aliphatic rings. The highest BCUT2D eigenvalue weighted by Gasteiger charge is 2.46. The van der Waals surface area contributed by atoms with E-state index in [1.807, 2.05) is 43.3 Å². The first kappa shape index (κ1) is 49.1. The van der Waals surface area contributed by atoms with Gasteiger partial charge in [0, 0.05) is 18.9 Å². The average molecular weight is 885 g/mol. The molecule has 322 valence electrons. The van der Waals surface area contributed by atoms with E-state index in [-0.39, 0.29) is 17.5 Å². The van der Waals surface area contributed by atoms with Crippen LogP contribution in [0.4, 0.5) is 0 Å². The maximum atomic E-state index is 14.6. The molecule has 3 N–H and O–H groups in total. The van der Waals surface area contributed by atoms with E-state index < -0.39 is 84.1 Å². The summed E-state index contributed by atoms with van der Waals surface area (Å²) < 4.78 is 15.4. The number of carbonyl (C=O) groups excluding carboxylic acids is 5. The van der Waals surface area contributed by atoms with Crippen LogP contribution in [0, 0.1) is 11.3 Å². The van der Waals surface area contributed by atoms with Gasteiger partial charge in [-0.15, -0.1) is 0 Å². The second kappa shape index (κ2) is 19.9. The Morgan fingerprint density at radius 3 is 2.22 bits per heavy atom. The molecular weight excluding hydrogens is 825 g/mol. The van der Waals surface area contributed by atoms with E-state index in [4.69, 9.17) is 53.7 Å². The number of fused-ring (bicyclic) bond motifs is 1. The van der Waals surface area contributed by atoms with E-state index in [2.05, 4.69) is 49.9 Å². The quantitative estimate of drug-likeness (QED) is 0.0937. The summed E-state index contributed by atoms with van der Waals surface area (Å²) >= 11 is 17.1. The van der Waals surface area contributed by atoms with E-state index >= 15 is 0 Å². The number of pyridine rings is 1. The minimum atomic E-state index is -2.39. The minimum absolute atomic E-state index is 0.148. The molecule has 3 amide bonds. The lowest BCUT2D eigenvalue weighted by atomic mass is 9.82. The number of ether oxygens (including phenoxy) is 2. The third kappa shape index (κ3) is 13.4. The van der Waals surface area contributed by atoms with Crippen molar-refractivity contribution in [1.29, 1.82) is 0 Å². The van der Waals surface area contributed by atoms with E-state index in [0.29, 0.717) is 24.1 Å². The summed E-state index contributed by atoms with van der Waals surface area (Å²) in [6.07, 6.45) is 3.38. The van der Waals surface area contributed by atoms with Gasteiger partial charge in [0.15, 0.2) is 8.32 Å². The Kier molecular flexibility index (Phi) is 16.8. The first-order chi connectivity index (χ1) is 26.6. The number of halogens is 3. The van der Waals surface area contributed by atoms with E-state index in [1.54, 1.807) is 33.8 Å². The molecule has 1 saturated heterocycles. The number of hydrazine groups is 1. The van der Waals surface area contributed by atoms with Crippen molar-refractivity contribution in [3.05, 3.63) is 47.7 Å². The zero-order valence-electron chi connectivity index (χ0n) is 35.6. The van der Waals surface area contributed by atoms with Crippen molar-refractivity contribution >= 4 is 89.8 Å². The van der Waals surface area contributed by atoms with Gasteiger partial charge in [-0.25, -0.2) is 10.4 Å². The highest BCUT2D eigenvalue weighted by molar-refractivity contribution is 6.74. The molecule has 0 saturated carbocycles. The third-order valence-electron chi connectivity index (χ3n) is 10.8. The molecule has 13 nitrogen and oxygen atoms in total. The summed E-state index contributed by atoms with van der Waals surface area (Å²) in [5, 5.41) is 7.75. The Morgan fingerprint density at radius 2 is 1.64 bits per heavy atom. The third-order valence-corrected chi connectivity index (χ3v) is 15.7. The van der Waals surface area contributed by atoms with Crippen molar-refractivity contribution in [2.24, 2.45) is 11.3 Å². The molecule has 1 aromatic heterocycles. The summed E-state index contributed by atoms with van der Waals surface area (Å²) in [7, 11) is -2.39. The second-order valence-corrected chi connectivity index (χ2v) is 24.3. The molecule has 2 aromatic rings. The fraction of sp³-hybridized carbons (Fsp3) is 0.610. The van der Waals surface area contributed by atoms with Crippen LogP contribution in [0.2, 0.25) is 18.1 Å². The molecule has 0 radical (unpaired) electrons. The smallest absolute Gasteiger partial charge is 0.325 e. The van der Waals surface area contributed by atoms with Gasteiger partial charge in [-0.2, -0.15) is 0 Å². The molecule has 0 bridgehead atoms. The number of hydrogen-bond acceptors (Lipinski definition) is 10. The van der Waals surface area contributed by atoms with Crippen LogP contribution in [0.3, 0.4) is 0 Å². The van der Waals surface area contributed by atoms with Crippen LogP contribution in [-0.4, -0.2) is 89.1 Å². The molecule has 1 aromatic carbocycles. The number of rotatable bonds is 15. The lowest BCUT2D eigenvalue weighted by Crippen LogP contribution is -2.61. The maximum absolute atomic E-state index is 14.6. The van der Waals surface area contributed by atoms with Gasteiger partial charge in [-0.3, -0.25) is 29.0 Å². The van der Waals surface area contributed by atoms with Gasteiger partial charge in [0.2, 0.25) is 15.6 Å². The number of amides is 3. The van der Waals surface area contributed by atoms with Gasteiger partial charge in [-0.05, 0) is 82.3 Å². The van der Waals surface area contributed by atoms with E-state index in [1.165, 1.54) is 18.9 Å². The number of esters is 2. The van der Waals surface area contributed by atoms with Crippen molar-refractivity contribution in [2.75, 3.05) is 13.2 Å². The molecule has 0 aliphatic carbocycles. The van der Waals surface area contributed by atoms with Gasteiger partial charge < -0.3 is 24.5 Å². The lowest BCUT2D eigenvalue weighted by Gasteiger charge is -2.43. The molecule has 1 fully saturated rings. The van der Waals surface area contributed by atoms with Crippen molar-refractivity contribution in [3.8, 4) is 0 Å². The maximum Gasteiger partial charge on any atom is 0.325 e. The van der Waals surface area contributed by atoms with Crippen LogP contribution in [0.25, 0.3) is 17.0 Å². The van der Waals surface area contributed by atoms with Crippen molar-refractivity contribution in [2.45, 2.75) is 134 Å². The summed E-state index contributed by atoms with van der Waals surface area (Å²) in [6, 6.07) is 6.59. The van der Waals surface area contributed by atoms with Crippen LogP contribution in [-0.2, 0) is 37.9 Å². The minimum Gasteiger partial charge on any atom is -0.460 e. The van der Waals surface area contributed by atoms with Crippen molar-refractivity contribution in [1.82, 2.24) is 26.1 Å². The topological polar surface area (TPSA) is 165 Å². The number of nitrogens with zero attached hydrogens (tertiary/aromatic N) is 2. The fourth-order valence-electron chi connectivity index (χ4n) is 5.99.